The standard InChI is InChI=1S/C29H36Cl2F2N4O3S/c1-41(39,40)37-14-12-35(13-15-37)23-18-34(19-23)10-2-8-29(22-5-6-24(30)25(31)17-22)9-3-11-36(20-29)28(38)21-4-7-26(32)27(33)16-21/h4-7,16-17,23H,2-3,8-15,18-20H2,1H3/t29-/m0/s1. The lowest BCUT2D eigenvalue weighted by atomic mass is 9.70. The van der Waals surface area contributed by atoms with Crippen molar-refractivity contribution in [3.63, 3.8) is 0 Å². The second kappa shape index (κ2) is 12.4. The number of carbonyl (C=O) groups is 1. The van der Waals surface area contributed by atoms with Crippen molar-refractivity contribution in [2.24, 2.45) is 0 Å². The molecule has 0 spiro atoms. The van der Waals surface area contributed by atoms with Gasteiger partial charge in [-0.25, -0.2) is 17.2 Å². The monoisotopic (exact) mass is 628 g/mol. The van der Waals surface area contributed by atoms with Crippen LogP contribution in [0.1, 0.15) is 41.6 Å². The molecule has 0 saturated carbocycles. The zero-order valence-corrected chi connectivity index (χ0v) is 25.5. The van der Waals surface area contributed by atoms with Gasteiger partial charge in [0, 0.05) is 69.4 Å². The van der Waals surface area contributed by atoms with Gasteiger partial charge < -0.3 is 9.80 Å². The zero-order valence-electron chi connectivity index (χ0n) is 23.2. The smallest absolute Gasteiger partial charge is 0.253 e. The molecule has 7 nitrogen and oxygen atoms in total. The van der Waals surface area contributed by atoms with E-state index in [0.29, 0.717) is 42.3 Å². The van der Waals surface area contributed by atoms with Crippen LogP contribution in [-0.4, -0.2) is 105 Å². The van der Waals surface area contributed by atoms with E-state index >= 15 is 0 Å². The molecule has 2 aromatic rings. The molecule has 12 heteroatoms. The Morgan fingerprint density at radius 3 is 2.37 bits per heavy atom. The Bertz CT molecular complexity index is 1380. The van der Waals surface area contributed by atoms with Gasteiger partial charge in [0.2, 0.25) is 10.0 Å². The molecule has 224 valence electrons. The molecule has 0 aliphatic carbocycles. The second-order valence-electron chi connectivity index (χ2n) is 11.6. The predicted molar refractivity (Wildman–Crippen MR) is 157 cm³/mol. The van der Waals surface area contributed by atoms with Crippen molar-refractivity contribution >= 4 is 39.1 Å². The molecule has 2 aromatic carbocycles. The van der Waals surface area contributed by atoms with E-state index in [-0.39, 0.29) is 16.9 Å². The van der Waals surface area contributed by atoms with Crippen molar-refractivity contribution in [1.29, 1.82) is 0 Å². The van der Waals surface area contributed by atoms with Crippen molar-refractivity contribution in [2.75, 3.05) is 65.2 Å². The minimum atomic E-state index is -3.14. The SMILES string of the molecule is CS(=O)(=O)N1CCN(C2CN(CCC[C@]3(c4ccc(Cl)c(Cl)c4)CCCN(C(=O)c4ccc(F)c(F)c4)C3)C2)CC1. The Balaban J connectivity index is 1.22. The molecule has 1 atom stereocenters. The molecule has 41 heavy (non-hydrogen) atoms. The Labute approximate surface area is 251 Å². The summed E-state index contributed by atoms with van der Waals surface area (Å²) in [6.07, 6.45) is 4.67. The van der Waals surface area contributed by atoms with Gasteiger partial charge in [-0.3, -0.25) is 9.69 Å². The van der Waals surface area contributed by atoms with E-state index in [2.05, 4.69) is 9.80 Å². The normalized spacial score (nSPS) is 23.5. The highest BCUT2D eigenvalue weighted by atomic mass is 35.5. The number of rotatable bonds is 8. The Morgan fingerprint density at radius 2 is 1.71 bits per heavy atom. The largest absolute Gasteiger partial charge is 0.338 e. The predicted octanol–water partition coefficient (Wildman–Crippen LogP) is 4.49. The number of halogens is 4. The topological polar surface area (TPSA) is 64.2 Å². The van der Waals surface area contributed by atoms with Gasteiger partial charge in [-0.05, 0) is 68.1 Å². The number of carbonyl (C=O) groups excluding carboxylic acids is 1. The fraction of sp³-hybridized carbons (Fsp3) is 0.552. The van der Waals surface area contributed by atoms with E-state index in [1.807, 2.05) is 12.1 Å². The third kappa shape index (κ3) is 6.89. The summed E-state index contributed by atoms with van der Waals surface area (Å²) in [6, 6.07) is 9.40. The molecular formula is C29H36Cl2F2N4O3S. The molecule has 0 aromatic heterocycles. The van der Waals surface area contributed by atoms with Crippen LogP contribution in [0, 0.1) is 11.6 Å². The fourth-order valence-corrected chi connectivity index (χ4v) is 7.65. The van der Waals surface area contributed by atoms with Crippen LogP contribution < -0.4 is 0 Å². The molecule has 0 bridgehead atoms. The van der Waals surface area contributed by atoms with Crippen LogP contribution in [-0.2, 0) is 15.4 Å². The number of sulfonamides is 1. The molecule has 5 rings (SSSR count). The van der Waals surface area contributed by atoms with Crippen LogP contribution in [0.4, 0.5) is 8.78 Å². The minimum Gasteiger partial charge on any atom is -0.338 e. The van der Waals surface area contributed by atoms with Gasteiger partial charge in [0.25, 0.3) is 5.91 Å². The highest BCUT2D eigenvalue weighted by Gasteiger charge is 2.40. The first-order valence-electron chi connectivity index (χ1n) is 14.1. The van der Waals surface area contributed by atoms with Crippen LogP contribution in [0.5, 0.6) is 0 Å². The Kier molecular flexibility index (Phi) is 9.28. The maximum absolute atomic E-state index is 13.9. The molecule has 3 fully saturated rings. The molecule has 0 unspecified atom stereocenters. The molecule has 3 aliphatic heterocycles. The van der Waals surface area contributed by atoms with E-state index in [1.165, 1.54) is 12.3 Å². The highest BCUT2D eigenvalue weighted by Crippen LogP contribution is 2.41. The summed E-state index contributed by atoms with van der Waals surface area (Å²) < 4.78 is 52.5. The summed E-state index contributed by atoms with van der Waals surface area (Å²) >= 11 is 12.6. The molecule has 0 N–H and O–H groups in total. The number of benzene rings is 2. The van der Waals surface area contributed by atoms with E-state index < -0.39 is 21.7 Å². The number of hydrogen-bond acceptors (Lipinski definition) is 5. The fourth-order valence-electron chi connectivity index (χ4n) is 6.52. The Hall–Kier alpha value is -1.82. The average molecular weight is 630 g/mol. The summed E-state index contributed by atoms with van der Waals surface area (Å²) in [4.78, 5) is 19.9. The van der Waals surface area contributed by atoms with Crippen LogP contribution in [0.25, 0.3) is 0 Å². The van der Waals surface area contributed by atoms with Crippen molar-refractivity contribution < 1.29 is 22.0 Å². The van der Waals surface area contributed by atoms with Gasteiger partial charge in [-0.15, -0.1) is 0 Å². The number of amides is 1. The summed E-state index contributed by atoms with van der Waals surface area (Å²) in [5.41, 5.74) is 0.824. The molecule has 0 radical (unpaired) electrons. The van der Waals surface area contributed by atoms with Gasteiger partial charge in [-0.2, -0.15) is 4.31 Å². The van der Waals surface area contributed by atoms with E-state index in [4.69, 9.17) is 23.2 Å². The van der Waals surface area contributed by atoms with Crippen LogP contribution in [0.15, 0.2) is 36.4 Å². The summed E-state index contributed by atoms with van der Waals surface area (Å²) in [6.45, 7) is 6.43. The quantitative estimate of drug-likeness (QED) is 0.431. The highest BCUT2D eigenvalue weighted by molar-refractivity contribution is 7.88. The summed E-state index contributed by atoms with van der Waals surface area (Å²) in [5, 5.41) is 0.939. The van der Waals surface area contributed by atoms with Crippen molar-refractivity contribution in [2.45, 2.75) is 37.1 Å². The van der Waals surface area contributed by atoms with Gasteiger partial charge in [-0.1, -0.05) is 29.3 Å². The lowest BCUT2D eigenvalue weighted by Gasteiger charge is -2.48. The van der Waals surface area contributed by atoms with E-state index in [1.54, 1.807) is 15.3 Å². The molecule has 3 heterocycles. The van der Waals surface area contributed by atoms with Gasteiger partial charge in [0.05, 0.1) is 16.3 Å². The molecular weight excluding hydrogens is 593 g/mol. The summed E-state index contributed by atoms with van der Waals surface area (Å²) in [7, 11) is -3.14. The number of hydrogen-bond donors (Lipinski definition) is 0. The number of likely N-dealkylation sites (tertiary alicyclic amines) is 2. The first-order chi connectivity index (χ1) is 19.4. The third-order valence-corrected chi connectivity index (χ3v) is 10.9. The number of nitrogens with zero attached hydrogens (tertiary/aromatic N) is 4. The number of piperazine rings is 1. The van der Waals surface area contributed by atoms with Crippen LogP contribution >= 0.6 is 23.2 Å². The van der Waals surface area contributed by atoms with Crippen LogP contribution in [0.3, 0.4) is 0 Å². The lowest BCUT2D eigenvalue weighted by Crippen LogP contribution is -2.63. The maximum atomic E-state index is 13.9. The second-order valence-corrected chi connectivity index (χ2v) is 14.4. The first kappa shape index (κ1) is 30.6. The average Bonchev–Trinajstić information content (AvgIpc) is 2.92. The van der Waals surface area contributed by atoms with E-state index in [9.17, 15) is 22.0 Å². The van der Waals surface area contributed by atoms with Gasteiger partial charge in [0.15, 0.2) is 11.6 Å². The molecule has 3 aliphatic rings. The van der Waals surface area contributed by atoms with Gasteiger partial charge in [0.1, 0.15) is 0 Å². The molecule has 1 amide bonds. The zero-order chi connectivity index (χ0) is 29.4. The van der Waals surface area contributed by atoms with Crippen molar-refractivity contribution in [1.82, 2.24) is 19.0 Å². The van der Waals surface area contributed by atoms with Crippen molar-refractivity contribution in [3.8, 4) is 0 Å². The number of piperidine rings is 1. The van der Waals surface area contributed by atoms with Crippen LogP contribution in [0.2, 0.25) is 10.0 Å². The maximum Gasteiger partial charge on any atom is 0.253 e. The molecule has 3 saturated heterocycles. The third-order valence-electron chi connectivity index (χ3n) is 8.89. The van der Waals surface area contributed by atoms with Crippen molar-refractivity contribution in [3.05, 3.63) is 69.2 Å². The Morgan fingerprint density at radius 1 is 0.976 bits per heavy atom. The summed E-state index contributed by atoms with van der Waals surface area (Å²) in [5.74, 6) is -2.32. The van der Waals surface area contributed by atoms with E-state index in [0.717, 1.165) is 76.1 Å². The minimum absolute atomic E-state index is 0.137. The lowest BCUT2D eigenvalue weighted by molar-refractivity contribution is 0.0147. The van der Waals surface area contributed by atoms with Gasteiger partial charge >= 0.3 is 0 Å². The first-order valence-corrected chi connectivity index (χ1v) is 16.7.